The van der Waals surface area contributed by atoms with E-state index < -0.39 is 5.91 Å². The first-order valence-corrected chi connectivity index (χ1v) is 10.2. The summed E-state index contributed by atoms with van der Waals surface area (Å²) in [6, 6.07) is 16.5. The molecule has 0 saturated heterocycles. The van der Waals surface area contributed by atoms with E-state index in [2.05, 4.69) is 26.4 Å². The van der Waals surface area contributed by atoms with Gasteiger partial charge >= 0.3 is 0 Å². The molecule has 31 heavy (non-hydrogen) atoms. The van der Waals surface area contributed by atoms with Crippen LogP contribution in [0.15, 0.2) is 63.1 Å². The molecule has 0 unspecified atom stereocenters. The van der Waals surface area contributed by atoms with Crippen molar-refractivity contribution in [3.05, 3.63) is 75.5 Å². The number of anilines is 1. The average molecular weight is 482 g/mol. The average Bonchev–Trinajstić information content (AvgIpc) is 3.16. The van der Waals surface area contributed by atoms with Gasteiger partial charge in [-0.25, -0.2) is 0 Å². The van der Waals surface area contributed by atoms with Crippen molar-refractivity contribution in [2.45, 2.75) is 13.8 Å². The van der Waals surface area contributed by atoms with E-state index in [1.165, 1.54) is 6.08 Å². The second kappa shape index (κ2) is 10.5. The normalized spacial score (nSPS) is 11.0. The van der Waals surface area contributed by atoms with E-state index in [0.717, 1.165) is 11.3 Å². The fourth-order valence-electron chi connectivity index (χ4n) is 2.67. The lowest BCUT2D eigenvalue weighted by Gasteiger charge is -2.11. The van der Waals surface area contributed by atoms with Crippen molar-refractivity contribution < 1.29 is 18.8 Å². The van der Waals surface area contributed by atoms with Crippen LogP contribution in [-0.4, -0.2) is 24.3 Å². The van der Waals surface area contributed by atoms with Gasteiger partial charge in [0.25, 0.3) is 5.91 Å². The molecule has 1 aromatic heterocycles. The highest BCUT2D eigenvalue weighted by molar-refractivity contribution is 9.10. The number of halogens is 1. The van der Waals surface area contributed by atoms with E-state index in [9.17, 15) is 10.1 Å². The molecular formula is C23H20BrN3O4. The van der Waals surface area contributed by atoms with E-state index in [1.807, 2.05) is 37.3 Å². The second-order valence-electron chi connectivity index (χ2n) is 6.60. The second-order valence-corrected chi connectivity index (χ2v) is 7.45. The zero-order valence-electron chi connectivity index (χ0n) is 17.0. The minimum atomic E-state index is -0.569. The maximum absolute atomic E-state index is 12.3. The van der Waals surface area contributed by atoms with Gasteiger partial charge in [0, 0.05) is 6.07 Å². The van der Waals surface area contributed by atoms with Crippen LogP contribution in [0.1, 0.15) is 16.9 Å². The van der Waals surface area contributed by atoms with Gasteiger partial charge in [0.15, 0.2) is 5.82 Å². The van der Waals surface area contributed by atoms with Crippen molar-refractivity contribution in [3.63, 3.8) is 0 Å². The number of carbonyl (C=O) groups is 1. The number of rotatable bonds is 8. The molecule has 0 aliphatic carbocycles. The maximum atomic E-state index is 12.3. The topological polar surface area (TPSA) is 97.4 Å². The largest absolute Gasteiger partial charge is 0.490 e. The minimum Gasteiger partial charge on any atom is -0.490 e. The van der Waals surface area contributed by atoms with Crippen LogP contribution >= 0.6 is 15.9 Å². The summed E-state index contributed by atoms with van der Waals surface area (Å²) in [4.78, 5) is 12.3. The lowest BCUT2D eigenvalue weighted by molar-refractivity contribution is -0.112. The molecule has 0 atom stereocenters. The zero-order valence-corrected chi connectivity index (χ0v) is 18.6. The van der Waals surface area contributed by atoms with Gasteiger partial charge in [0.2, 0.25) is 0 Å². The van der Waals surface area contributed by atoms with E-state index in [0.29, 0.717) is 34.8 Å². The third-order valence-electron chi connectivity index (χ3n) is 4.19. The van der Waals surface area contributed by atoms with Crippen LogP contribution in [0, 0.1) is 25.2 Å². The summed E-state index contributed by atoms with van der Waals surface area (Å²) in [5.41, 5.74) is 1.67. The molecule has 7 nitrogen and oxygen atoms in total. The summed E-state index contributed by atoms with van der Waals surface area (Å²) in [7, 11) is 0. The lowest BCUT2D eigenvalue weighted by atomic mass is 10.1. The van der Waals surface area contributed by atoms with Crippen molar-refractivity contribution in [1.29, 1.82) is 5.26 Å². The van der Waals surface area contributed by atoms with Crippen LogP contribution in [-0.2, 0) is 4.79 Å². The Balaban J connectivity index is 1.59. The van der Waals surface area contributed by atoms with E-state index in [-0.39, 0.29) is 11.4 Å². The summed E-state index contributed by atoms with van der Waals surface area (Å²) in [6.07, 6.45) is 1.48. The third kappa shape index (κ3) is 6.20. The number of benzene rings is 2. The molecule has 1 amide bonds. The molecule has 1 heterocycles. The lowest BCUT2D eigenvalue weighted by Crippen LogP contribution is -2.13. The molecule has 0 spiro atoms. The third-order valence-corrected chi connectivity index (χ3v) is 4.81. The fraction of sp³-hybridized carbons (Fsp3) is 0.174. The molecule has 1 N–H and O–H groups in total. The number of para-hydroxylation sites is 1. The number of hydrogen-bond donors (Lipinski definition) is 1. The standard InChI is InChI=1S/C23H20BrN3O4/c1-15-5-3-4-6-20(15)29-9-10-30-21-8-7-17(13-19(21)24)12-18(14-25)23(28)26-22-11-16(2)31-27-22/h3-8,11-13H,9-10H2,1-2H3,(H,26,27,28). The highest BCUT2D eigenvalue weighted by Gasteiger charge is 2.12. The number of aryl methyl sites for hydroxylation is 2. The van der Waals surface area contributed by atoms with Gasteiger partial charge in [-0.15, -0.1) is 0 Å². The van der Waals surface area contributed by atoms with Crippen molar-refractivity contribution in [2.24, 2.45) is 0 Å². The molecule has 8 heteroatoms. The Morgan fingerprint density at radius 1 is 1.16 bits per heavy atom. The van der Waals surface area contributed by atoms with Crippen LogP contribution in [0.5, 0.6) is 11.5 Å². The van der Waals surface area contributed by atoms with Crippen LogP contribution in [0.3, 0.4) is 0 Å². The Bertz CT molecular complexity index is 1150. The van der Waals surface area contributed by atoms with Gasteiger partial charge in [-0.3, -0.25) is 4.79 Å². The van der Waals surface area contributed by atoms with Gasteiger partial charge in [-0.05, 0) is 65.2 Å². The summed E-state index contributed by atoms with van der Waals surface area (Å²) >= 11 is 3.46. The van der Waals surface area contributed by atoms with Crippen LogP contribution in [0.4, 0.5) is 5.82 Å². The van der Waals surface area contributed by atoms with Gasteiger partial charge in [0.05, 0.1) is 4.47 Å². The Morgan fingerprint density at radius 2 is 1.90 bits per heavy atom. The number of nitriles is 1. The molecule has 0 saturated carbocycles. The number of nitrogens with one attached hydrogen (secondary N) is 1. The number of hydrogen-bond acceptors (Lipinski definition) is 6. The summed E-state index contributed by atoms with van der Waals surface area (Å²) in [5, 5.41) is 15.6. The Kier molecular flexibility index (Phi) is 7.46. The molecule has 158 valence electrons. The number of ether oxygens (including phenoxy) is 2. The van der Waals surface area contributed by atoms with Gasteiger partial charge in [-0.2, -0.15) is 5.26 Å². The van der Waals surface area contributed by atoms with Gasteiger partial charge < -0.3 is 19.3 Å². The van der Waals surface area contributed by atoms with Crippen LogP contribution < -0.4 is 14.8 Å². The maximum Gasteiger partial charge on any atom is 0.267 e. The van der Waals surface area contributed by atoms with Crippen molar-refractivity contribution >= 4 is 33.7 Å². The summed E-state index contributed by atoms with van der Waals surface area (Å²) in [6.45, 7) is 4.46. The van der Waals surface area contributed by atoms with E-state index in [1.54, 1.807) is 31.2 Å². The molecule has 3 rings (SSSR count). The highest BCUT2D eigenvalue weighted by Crippen LogP contribution is 2.27. The fourth-order valence-corrected chi connectivity index (χ4v) is 3.18. The number of aromatic nitrogens is 1. The highest BCUT2D eigenvalue weighted by atomic mass is 79.9. The number of carbonyl (C=O) groups excluding carboxylic acids is 1. The molecular weight excluding hydrogens is 462 g/mol. The predicted molar refractivity (Wildman–Crippen MR) is 120 cm³/mol. The summed E-state index contributed by atoms with van der Waals surface area (Å²) < 4.78 is 17.1. The Morgan fingerprint density at radius 3 is 2.55 bits per heavy atom. The molecule has 0 aliphatic rings. The molecule has 3 aromatic rings. The first kappa shape index (κ1) is 22.1. The Hall–Kier alpha value is -3.57. The predicted octanol–water partition coefficient (Wildman–Crippen LogP) is 5.06. The number of amides is 1. The quantitative estimate of drug-likeness (QED) is 0.274. The molecule has 0 aliphatic heterocycles. The zero-order chi connectivity index (χ0) is 22.2. The van der Waals surface area contributed by atoms with Gasteiger partial charge in [0.1, 0.15) is 42.1 Å². The van der Waals surface area contributed by atoms with E-state index >= 15 is 0 Å². The van der Waals surface area contributed by atoms with E-state index in [4.69, 9.17) is 14.0 Å². The first-order chi connectivity index (χ1) is 15.0. The summed E-state index contributed by atoms with van der Waals surface area (Å²) in [5.74, 6) is 1.70. The van der Waals surface area contributed by atoms with Crippen LogP contribution in [0.25, 0.3) is 6.08 Å². The molecule has 0 bridgehead atoms. The van der Waals surface area contributed by atoms with Crippen molar-refractivity contribution in [1.82, 2.24) is 5.16 Å². The molecule has 2 aromatic carbocycles. The Labute approximate surface area is 188 Å². The van der Waals surface area contributed by atoms with Gasteiger partial charge in [-0.1, -0.05) is 29.4 Å². The molecule has 0 radical (unpaired) electrons. The smallest absolute Gasteiger partial charge is 0.267 e. The van der Waals surface area contributed by atoms with Crippen molar-refractivity contribution in [3.8, 4) is 17.6 Å². The SMILES string of the molecule is Cc1cc(NC(=O)C(C#N)=Cc2ccc(OCCOc3ccccc3C)c(Br)c2)no1. The monoisotopic (exact) mass is 481 g/mol. The minimum absolute atomic E-state index is 0.0622. The number of nitrogens with zero attached hydrogens (tertiary/aromatic N) is 2. The van der Waals surface area contributed by atoms with Crippen LogP contribution in [0.2, 0.25) is 0 Å². The molecule has 0 fully saturated rings. The van der Waals surface area contributed by atoms with Crippen molar-refractivity contribution in [2.75, 3.05) is 18.5 Å². The first-order valence-electron chi connectivity index (χ1n) is 9.43.